The predicted octanol–water partition coefficient (Wildman–Crippen LogP) is 2.30. The Balaban J connectivity index is 2.93. The lowest BCUT2D eigenvalue weighted by Crippen LogP contribution is -1.77. The van der Waals surface area contributed by atoms with Crippen LogP contribution in [0.4, 0.5) is 0 Å². The van der Waals surface area contributed by atoms with Gasteiger partial charge < -0.3 is 0 Å². The first-order valence-electron chi connectivity index (χ1n) is 2.72. The number of fused-ring (bicyclic) bond motifs is 1. The molecule has 2 aromatic heterocycles. The summed E-state index contributed by atoms with van der Waals surface area (Å²) in [6.45, 7) is 0. The number of nitrogens with zero attached hydrogens (tertiary/aromatic N) is 2. The van der Waals surface area contributed by atoms with Crippen LogP contribution in [0.15, 0.2) is 17.6 Å². The molecular weight excluding hydrogens is 259 g/mol. The molecule has 50 valence electrons. The Morgan fingerprint density at radius 2 is 2.40 bits per heavy atom. The van der Waals surface area contributed by atoms with Crippen molar-refractivity contribution in [2.75, 3.05) is 0 Å². The van der Waals surface area contributed by atoms with Gasteiger partial charge in [0, 0.05) is 10.8 Å². The zero-order chi connectivity index (χ0) is 6.97. The van der Waals surface area contributed by atoms with E-state index >= 15 is 0 Å². The Kier molecular flexibility index (Phi) is 1.57. The minimum absolute atomic E-state index is 1.02. The third-order valence-electron chi connectivity index (χ3n) is 1.23. The molecule has 0 aromatic carbocycles. The first-order chi connectivity index (χ1) is 4.88. The fourth-order valence-electron chi connectivity index (χ4n) is 0.760. The largest absolute Gasteiger partial charge is 0.158 e. The Hall–Kier alpha value is -0.230. The number of aromatic nitrogens is 2. The van der Waals surface area contributed by atoms with Crippen LogP contribution >= 0.6 is 33.9 Å². The van der Waals surface area contributed by atoms with E-state index in [9.17, 15) is 0 Å². The number of hydrogen-bond donors (Lipinski definition) is 0. The molecule has 2 nitrogen and oxygen atoms in total. The smallest absolute Gasteiger partial charge is 0.117 e. The average molecular weight is 262 g/mol. The fourth-order valence-corrected chi connectivity index (χ4v) is 2.25. The van der Waals surface area contributed by atoms with Gasteiger partial charge in [0.1, 0.15) is 5.52 Å². The molecule has 0 aliphatic carbocycles. The zero-order valence-electron chi connectivity index (χ0n) is 4.91. The summed E-state index contributed by atoms with van der Waals surface area (Å²) in [4.78, 5) is 0. The number of rotatable bonds is 0. The second kappa shape index (κ2) is 2.43. The van der Waals surface area contributed by atoms with Crippen LogP contribution in [0.1, 0.15) is 0 Å². The van der Waals surface area contributed by atoms with Crippen molar-refractivity contribution < 1.29 is 0 Å². The molecule has 0 amide bonds. The maximum Gasteiger partial charge on any atom is 0.117 e. The van der Waals surface area contributed by atoms with E-state index in [1.165, 1.54) is 8.27 Å². The standard InChI is InChI=1S/C6H3IN2S/c7-6-5-4(3-10-6)1-2-8-9-5/h1-3H. The molecule has 0 spiro atoms. The van der Waals surface area contributed by atoms with Crippen molar-refractivity contribution in [1.82, 2.24) is 10.2 Å². The van der Waals surface area contributed by atoms with Crippen molar-refractivity contribution in [3.8, 4) is 0 Å². The van der Waals surface area contributed by atoms with Crippen molar-refractivity contribution in [2.45, 2.75) is 0 Å². The topological polar surface area (TPSA) is 25.8 Å². The van der Waals surface area contributed by atoms with E-state index in [1.54, 1.807) is 17.5 Å². The lowest BCUT2D eigenvalue weighted by Gasteiger charge is -1.83. The van der Waals surface area contributed by atoms with Gasteiger partial charge in [-0.2, -0.15) is 5.10 Å². The van der Waals surface area contributed by atoms with Gasteiger partial charge in [0.05, 0.1) is 9.08 Å². The molecule has 10 heavy (non-hydrogen) atoms. The van der Waals surface area contributed by atoms with Gasteiger partial charge in [-0.15, -0.1) is 16.4 Å². The third-order valence-corrected chi connectivity index (χ3v) is 3.27. The molecule has 0 fully saturated rings. The second-order valence-electron chi connectivity index (χ2n) is 1.84. The molecule has 2 aromatic rings. The highest BCUT2D eigenvalue weighted by Gasteiger charge is 1.99. The van der Waals surface area contributed by atoms with Crippen LogP contribution in [0.25, 0.3) is 10.9 Å². The summed E-state index contributed by atoms with van der Waals surface area (Å²) in [7, 11) is 0. The molecule has 2 rings (SSSR count). The molecule has 0 bridgehead atoms. The average Bonchev–Trinajstić information content (AvgIpc) is 2.34. The lowest BCUT2D eigenvalue weighted by atomic mass is 10.4. The first-order valence-corrected chi connectivity index (χ1v) is 4.68. The highest BCUT2D eigenvalue weighted by Crippen LogP contribution is 2.23. The molecule has 0 atom stereocenters. The van der Waals surface area contributed by atoms with E-state index in [-0.39, 0.29) is 0 Å². The van der Waals surface area contributed by atoms with Crippen molar-refractivity contribution in [1.29, 1.82) is 0 Å². The monoisotopic (exact) mass is 262 g/mol. The second-order valence-corrected chi connectivity index (χ2v) is 4.53. The van der Waals surface area contributed by atoms with E-state index in [2.05, 4.69) is 38.2 Å². The summed E-state index contributed by atoms with van der Waals surface area (Å²) in [6, 6.07) is 1.97. The molecule has 0 radical (unpaired) electrons. The number of hydrogen-bond acceptors (Lipinski definition) is 3. The number of halogens is 1. The van der Waals surface area contributed by atoms with Crippen molar-refractivity contribution >= 4 is 44.8 Å². The van der Waals surface area contributed by atoms with Crippen LogP contribution in [-0.4, -0.2) is 10.2 Å². The summed E-state index contributed by atoms with van der Waals surface area (Å²) in [5.74, 6) is 0. The van der Waals surface area contributed by atoms with Crippen molar-refractivity contribution in [2.24, 2.45) is 0 Å². The molecule has 0 unspecified atom stereocenters. The Bertz CT molecular complexity index is 357. The Morgan fingerprint density at radius 3 is 3.20 bits per heavy atom. The van der Waals surface area contributed by atoms with Crippen LogP contribution in [0.2, 0.25) is 0 Å². The maximum atomic E-state index is 3.99. The van der Waals surface area contributed by atoms with E-state index < -0.39 is 0 Å². The van der Waals surface area contributed by atoms with Gasteiger partial charge in [-0.25, -0.2) is 0 Å². The van der Waals surface area contributed by atoms with Crippen molar-refractivity contribution in [3.63, 3.8) is 0 Å². The molecule has 0 aliphatic heterocycles. The van der Waals surface area contributed by atoms with Crippen LogP contribution in [-0.2, 0) is 0 Å². The van der Waals surface area contributed by atoms with Crippen LogP contribution in [0.5, 0.6) is 0 Å². The van der Waals surface area contributed by atoms with Gasteiger partial charge in [-0.05, 0) is 28.7 Å². The summed E-state index contributed by atoms with van der Waals surface area (Å²) in [5.41, 5.74) is 1.02. The summed E-state index contributed by atoms with van der Waals surface area (Å²) < 4.78 is 1.21. The minimum Gasteiger partial charge on any atom is -0.158 e. The lowest BCUT2D eigenvalue weighted by molar-refractivity contribution is 1.08. The van der Waals surface area contributed by atoms with Crippen LogP contribution in [0, 0.1) is 2.88 Å². The molecule has 0 aliphatic rings. The van der Waals surface area contributed by atoms with Gasteiger partial charge in [-0.3, -0.25) is 0 Å². The predicted molar refractivity (Wildman–Crippen MR) is 50.1 cm³/mol. The third kappa shape index (κ3) is 0.911. The summed E-state index contributed by atoms with van der Waals surface area (Å²) in [6.07, 6.45) is 1.71. The van der Waals surface area contributed by atoms with Crippen molar-refractivity contribution in [3.05, 3.63) is 20.5 Å². The normalized spacial score (nSPS) is 10.5. The summed E-state index contributed by atoms with van der Waals surface area (Å²) >= 11 is 3.97. The molecular formula is C6H3IN2S. The Morgan fingerprint density at radius 1 is 1.50 bits per heavy atom. The molecule has 0 N–H and O–H groups in total. The SMILES string of the molecule is Ic1scc2ccnnc12. The Labute approximate surface area is 75.4 Å². The molecule has 0 saturated carbocycles. The van der Waals surface area contributed by atoms with Gasteiger partial charge in [0.15, 0.2) is 0 Å². The molecule has 4 heteroatoms. The van der Waals surface area contributed by atoms with Gasteiger partial charge in [0.25, 0.3) is 0 Å². The van der Waals surface area contributed by atoms with E-state index in [4.69, 9.17) is 0 Å². The minimum atomic E-state index is 1.02. The van der Waals surface area contributed by atoms with Crippen LogP contribution < -0.4 is 0 Å². The van der Waals surface area contributed by atoms with Crippen LogP contribution in [0.3, 0.4) is 0 Å². The molecule has 0 saturated heterocycles. The first kappa shape index (κ1) is 6.48. The molecule has 2 heterocycles. The van der Waals surface area contributed by atoms with Gasteiger partial charge in [0.2, 0.25) is 0 Å². The van der Waals surface area contributed by atoms with E-state index in [0.717, 1.165) is 5.52 Å². The highest BCUT2D eigenvalue weighted by molar-refractivity contribution is 14.1. The van der Waals surface area contributed by atoms with E-state index in [0.29, 0.717) is 0 Å². The van der Waals surface area contributed by atoms with Gasteiger partial charge >= 0.3 is 0 Å². The zero-order valence-corrected chi connectivity index (χ0v) is 7.89. The highest BCUT2D eigenvalue weighted by atomic mass is 127. The van der Waals surface area contributed by atoms with Gasteiger partial charge in [-0.1, -0.05) is 0 Å². The quantitative estimate of drug-likeness (QED) is 0.681. The number of thiophene rings is 1. The summed E-state index contributed by atoms with van der Waals surface area (Å²) in [5, 5.41) is 11.1. The maximum absolute atomic E-state index is 3.99. The fraction of sp³-hybridized carbons (Fsp3) is 0. The van der Waals surface area contributed by atoms with E-state index in [1.807, 2.05) is 6.07 Å².